The van der Waals surface area contributed by atoms with Crippen molar-refractivity contribution < 1.29 is 19.1 Å². The first-order chi connectivity index (χ1) is 12.9. The van der Waals surface area contributed by atoms with E-state index in [0.717, 1.165) is 11.1 Å². The number of carbonyl (C=O) groups is 3. The molecule has 0 bridgehead atoms. The summed E-state index contributed by atoms with van der Waals surface area (Å²) in [6, 6.07) is -0.0396. The topological polar surface area (TPSA) is 83.0 Å². The summed E-state index contributed by atoms with van der Waals surface area (Å²) >= 11 is 0. The highest BCUT2D eigenvalue weighted by atomic mass is 16.5. The van der Waals surface area contributed by atoms with Crippen molar-refractivity contribution in [1.29, 1.82) is 0 Å². The predicted molar refractivity (Wildman–Crippen MR) is 98.1 cm³/mol. The molecule has 146 valence electrons. The maximum Gasteiger partial charge on any atom is 0.319 e. The lowest BCUT2D eigenvalue weighted by atomic mass is 9.94. The van der Waals surface area contributed by atoms with Gasteiger partial charge in [-0.15, -0.1) is 0 Å². The summed E-state index contributed by atoms with van der Waals surface area (Å²) in [5.41, 5.74) is 2.51. The van der Waals surface area contributed by atoms with Crippen LogP contribution in [0.25, 0.3) is 0 Å². The van der Waals surface area contributed by atoms with Crippen LogP contribution < -0.4 is 0 Å². The molecular weight excluding hydrogens is 348 g/mol. The van der Waals surface area contributed by atoms with E-state index in [1.54, 1.807) is 41.2 Å². The van der Waals surface area contributed by atoms with E-state index >= 15 is 0 Å². The molecule has 8 heteroatoms. The van der Waals surface area contributed by atoms with Gasteiger partial charge < -0.3 is 19.4 Å². The number of aromatic nitrogens is 1. The van der Waals surface area contributed by atoms with Gasteiger partial charge in [-0.05, 0) is 30.4 Å². The summed E-state index contributed by atoms with van der Waals surface area (Å²) < 4.78 is 4.80. The van der Waals surface area contributed by atoms with Gasteiger partial charge in [-0.1, -0.05) is 0 Å². The van der Waals surface area contributed by atoms with Crippen molar-refractivity contribution in [2.24, 2.45) is 5.92 Å². The first-order valence-corrected chi connectivity index (χ1v) is 9.21. The summed E-state index contributed by atoms with van der Waals surface area (Å²) in [6.45, 7) is 2.12. The monoisotopic (exact) mass is 374 g/mol. The van der Waals surface area contributed by atoms with Gasteiger partial charge in [-0.2, -0.15) is 0 Å². The Bertz CT molecular complexity index is 741. The number of hydrogen-bond acceptors (Lipinski definition) is 5. The Hall–Kier alpha value is -2.64. The Labute approximate surface area is 159 Å². The number of methoxy groups -OCH3 is 1. The highest BCUT2D eigenvalue weighted by Gasteiger charge is 2.31. The van der Waals surface area contributed by atoms with Crippen LogP contribution in [0.15, 0.2) is 12.4 Å². The van der Waals surface area contributed by atoms with Gasteiger partial charge in [0.05, 0.1) is 18.6 Å². The molecule has 1 saturated heterocycles. The van der Waals surface area contributed by atoms with E-state index < -0.39 is 0 Å². The Kier molecular flexibility index (Phi) is 5.62. The van der Waals surface area contributed by atoms with Crippen LogP contribution in [-0.2, 0) is 22.5 Å². The minimum absolute atomic E-state index is 0.0396. The molecule has 3 rings (SSSR count). The fraction of sp³-hybridized carbons (Fsp3) is 0.579. The molecule has 2 aliphatic heterocycles. The Morgan fingerprint density at radius 2 is 1.81 bits per heavy atom. The minimum Gasteiger partial charge on any atom is -0.469 e. The Morgan fingerprint density at radius 1 is 1.11 bits per heavy atom. The van der Waals surface area contributed by atoms with Crippen LogP contribution in [-0.4, -0.2) is 78.4 Å². The van der Waals surface area contributed by atoms with E-state index in [2.05, 4.69) is 4.98 Å². The molecule has 0 spiro atoms. The van der Waals surface area contributed by atoms with Gasteiger partial charge in [0, 0.05) is 52.7 Å². The minimum atomic E-state index is -0.202. The highest BCUT2D eigenvalue weighted by Crippen LogP contribution is 2.25. The zero-order chi connectivity index (χ0) is 19.6. The van der Waals surface area contributed by atoms with Crippen molar-refractivity contribution in [3.8, 4) is 0 Å². The molecule has 0 N–H and O–H groups in total. The molecule has 0 unspecified atom stereocenters. The maximum absolute atomic E-state index is 13.0. The number of carbonyl (C=O) groups excluding carboxylic acids is 3. The van der Waals surface area contributed by atoms with Crippen molar-refractivity contribution in [2.45, 2.75) is 25.8 Å². The average Bonchev–Trinajstić information content (AvgIpc) is 2.71. The summed E-state index contributed by atoms with van der Waals surface area (Å²) in [4.78, 5) is 46.2. The Balaban J connectivity index is 1.72. The number of urea groups is 1. The van der Waals surface area contributed by atoms with E-state index in [1.807, 2.05) is 0 Å². The molecule has 0 aliphatic carbocycles. The number of piperidine rings is 1. The smallest absolute Gasteiger partial charge is 0.319 e. The highest BCUT2D eigenvalue weighted by molar-refractivity contribution is 5.96. The van der Waals surface area contributed by atoms with Crippen LogP contribution >= 0.6 is 0 Å². The summed E-state index contributed by atoms with van der Waals surface area (Å²) in [5.74, 6) is -0.381. The lowest BCUT2D eigenvalue weighted by molar-refractivity contribution is -0.146. The van der Waals surface area contributed by atoms with Gasteiger partial charge in [0.2, 0.25) is 0 Å². The third-order valence-electron chi connectivity index (χ3n) is 5.34. The number of amides is 3. The van der Waals surface area contributed by atoms with Crippen LogP contribution in [0, 0.1) is 5.92 Å². The molecule has 8 nitrogen and oxygen atoms in total. The predicted octanol–water partition coefficient (Wildman–Crippen LogP) is 1.15. The van der Waals surface area contributed by atoms with Gasteiger partial charge in [0.15, 0.2) is 0 Å². The third kappa shape index (κ3) is 3.89. The van der Waals surface area contributed by atoms with Crippen LogP contribution in [0.3, 0.4) is 0 Å². The second kappa shape index (κ2) is 7.94. The number of pyridine rings is 1. The van der Waals surface area contributed by atoms with Gasteiger partial charge in [0.1, 0.15) is 0 Å². The molecule has 0 aromatic carbocycles. The zero-order valence-electron chi connectivity index (χ0n) is 16.1. The quantitative estimate of drug-likeness (QED) is 0.725. The lowest BCUT2D eigenvalue weighted by Gasteiger charge is -2.34. The molecule has 1 aromatic rings. The number of hydrogen-bond donors (Lipinski definition) is 0. The molecule has 3 amide bonds. The van der Waals surface area contributed by atoms with E-state index in [9.17, 15) is 14.4 Å². The van der Waals surface area contributed by atoms with E-state index in [-0.39, 0.29) is 23.8 Å². The number of esters is 1. The second-order valence-corrected chi connectivity index (χ2v) is 7.26. The molecular formula is C19H26N4O4. The van der Waals surface area contributed by atoms with Crippen molar-refractivity contribution in [2.75, 3.05) is 40.8 Å². The Morgan fingerprint density at radius 3 is 2.44 bits per heavy atom. The fourth-order valence-electron chi connectivity index (χ4n) is 3.78. The van der Waals surface area contributed by atoms with Crippen molar-refractivity contribution >= 4 is 17.9 Å². The number of likely N-dealkylation sites (tertiary alicyclic amines) is 1. The van der Waals surface area contributed by atoms with E-state index in [1.165, 1.54) is 7.11 Å². The van der Waals surface area contributed by atoms with Crippen LogP contribution in [0.5, 0.6) is 0 Å². The number of nitrogens with zero attached hydrogens (tertiary/aromatic N) is 4. The molecule has 0 atom stereocenters. The second-order valence-electron chi connectivity index (χ2n) is 7.26. The van der Waals surface area contributed by atoms with Crippen LogP contribution in [0.1, 0.15) is 34.3 Å². The molecule has 0 radical (unpaired) electrons. The molecule has 3 heterocycles. The van der Waals surface area contributed by atoms with Gasteiger partial charge in [-0.25, -0.2) is 4.79 Å². The number of rotatable bonds is 2. The van der Waals surface area contributed by atoms with E-state index in [4.69, 9.17) is 4.74 Å². The number of fused-ring (bicyclic) bond motifs is 1. The van der Waals surface area contributed by atoms with Gasteiger partial charge in [0.25, 0.3) is 5.91 Å². The molecule has 1 aromatic heterocycles. The van der Waals surface area contributed by atoms with Crippen LogP contribution in [0.2, 0.25) is 0 Å². The summed E-state index contributed by atoms with van der Waals surface area (Å²) in [5, 5.41) is 0. The molecule has 27 heavy (non-hydrogen) atoms. The largest absolute Gasteiger partial charge is 0.469 e. The number of ether oxygens (including phenoxy) is 1. The normalized spacial score (nSPS) is 17.3. The van der Waals surface area contributed by atoms with Gasteiger partial charge >= 0.3 is 12.0 Å². The fourth-order valence-corrected chi connectivity index (χ4v) is 3.78. The summed E-state index contributed by atoms with van der Waals surface area (Å²) in [6.07, 6.45) is 5.23. The first-order valence-electron chi connectivity index (χ1n) is 9.21. The van der Waals surface area contributed by atoms with Crippen molar-refractivity contribution in [1.82, 2.24) is 19.7 Å². The van der Waals surface area contributed by atoms with Gasteiger partial charge in [-0.3, -0.25) is 14.6 Å². The molecule has 0 saturated carbocycles. The summed E-state index contributed by atoms with van der Waals surface area (Å²) in [7, 11) is 4.86. The van der Waals surface area contributed by atoms with Crippen LogP contribution in [0.4, 0.5) is 4.79 Å². The molecule has 1 fully saturated rings. The van der Waals surface area contributed by atoms with Crippen molar-refractivity contribution in [3.63, 3.8) is 0 Å². The van der Waals surface area contributed by atoms with E-state index in [0.29, 0.717) is 51.0 Å². The SMILES string of the molecule is COC(=O)C1CCN(C(=O)c2cncc3c2CCN(C(=O)N(C)C)C3)CC1. The first kappa shape index (κ1) is 19.1. The maximum atomic E-state index is 13.0. The zero-order valence-corrected chi connectivity index (χ0v) is 16.1. The molecule has 2 aliphatic rings. The average molecular weight is 374 g/mol. The lowest BCUT2D eigenvalue weighted by Crippen LogP contribution is -2.43. The third-order valence-corrected chi connectivity index (χ3v) is 5.34. The standard InChI is InChI=1S/C19H26N4O4/c1-21(2)19(26)23-9-6-15-14(12-23)10-20-11-16(15)17(24)22-7-4-13(5-8-22)18(25)27-3/h10-11,13H,4-9,12H2,1-3H3. The van der Waals surface area contributed by atoms with Crippen molar-refractivity contribution in [3.05, 3.63) is 29.1 Å².